The van der Waals surface area contributed by atoms with Gasteiger partial charge >= 0.3 is 0 Å². The summed E-state index contributed by atoms with van der Waals surface area (Å²) in [5.74, 6) is 0.657. The van der Waals surface area contributed by atoms with Gasteiger partial charge in [-0.1, -0.05) is 12.1 Å². The predicted octanol–water partition coefficient (Wildman–Crippen LogP) is 2.97. The molecule has 104 valence electrons. The SMILES string of the molecule is COc1ccc(CNC(=O)c2ccc(N)c(Br)c2)cc1. The Morgan fingerprint density at radius 2 is 1.95 bits per heavy atom. The van der Waals surface area contributed by atoms with E-state index in [0.717, 1.165) is 15.8 Å². The first-order valence-corrected chi connectivity index (χ1v) is 6.85. The zero-order valence-corrected chi connectivity index (χ0v) is 12.6. The Morgan fingerprint density at radius 1 is 1.25 bits per heavy atom. The van der Waals surface area contributed by atoms with E-state index in [1.807, 2.05) is 24.3 Å². The highest BCUT2D eigenvalue weighted by Crippen LogP contribution is 2.20. The Labute approximate surface area is 126 Å². The van der Waals surface area contributed by atoms with Gasteiger partial charge in [0.2, 0.25) is 0 Å². The van der Waals surface area contributed by atoms with E-state index in [0.29, 0.717) is 17.8 Å². The highest BCUT2D eigenvalue weighted by molar-refractivity contribution is 9.10. The molecule has 5 heteroatoms. The summed E-state index contributed by atoms with van der Waals surface area (Å²) in [6.45, 7) is 0.463. The molecule has 4 nitrogen and oxygen atoms in total. The van der Waals surface area contributed by atoms with Crippen LogP contribution in [0.1, 0.15) is 15.9 Å². The maximum absolute atomic E-state index is 12.0. The summed E-state index contributed by atoms with van der Waals surface area (Å²) >= 11 is 3.31. The third kappa shape index (κ3) is 3.51. The molecule has 0 aromatic heterocycles. The zero-order chi connectivity index (χ0) is 14.5. The first-order chi connectivity index (χ1) is 9.60. The fourth-order valence-electron chi connectivity index (χ4n) is 1.70. The first-order valence-electron chi connectivity index (χ1n) is 6.06. The number of hydrogen-bond donors (Lipinski definition) is 2. The van der Waals surface area contributed by atoms with Crippen LogP contribution >= 0.6 is 15.9 Å². The standard InChI is InChI=1S/C15H15BrN2O2/c1-20-12-5-2-10(3-6-12)9-18-15(19)11-4-7-14(17)13(16)8-11/h2-8H,9,17H2,1H3,(H,18,19). The van der Waals surface area contributed by atoms with Gasteiger partial charge in [-0.3, -0.25) is 4.79 Å². The Hall–Kier alpha value is -2.01. The fourth-order valence-corrected chi connectivity index (χ4v) is 2.07. The number of carbonyl (C=O) groups is 1. The molecule has 0 spiro atoms. The van der Waals surface area contributed by atoms with Crippen molar-refractivity contribution >= 4 is 27.5 Å². The fraction of sp³-hybridized carbons (Fsp3) is 0.133. The van der Waals surface area contributed by atoms with Gasteiger partial charge in [-0.05, 0) is 51.8 Å². The lowest BCUT2D eigenvalue weighted by Crippen LogP contribution is -2.22. The molecule has 0 fully saturated rings. The van der Waals surface area contributed by atoms with Crippen LogP contribution in [0.15, 0.2) is 46.9 Å². The smallest absolute Gasteiger partial charge is 0.251 e. The van der Waals surface area contributed by atoms with E-state index in [2.05, 4.69) is 21.2 Å². The van der Waals surface area contributed by atoms with E-state index in [-0.39, 0.29) is 5.91 Å². The number of hydrogen-bond acceptors (Lipinski definition) is 3. The van der Waals surface area contributed by atoms with Crippen LogP contribution in [0.4, 0.5) is 5.69 Å². The van der Waals surface area contributed by atoms with E-state index >= 15 is 0 Å². The van der Waals surface area contributed by atoms with Crippen molar-refractivity contribution in [2.75, 3.05) is 12.8 Å². The lowest BCUT2D eigenvalue weighted by molar-refractivity contribution is 0.0951. The molecule has 20 heavy (non-hydrogen) atoms. The molecule has 0 aliphatic rings. The molecule has 2 aromatic rings. The first kappa shape index (κ1) is 14.4. The minimum absolute atomic E-state index is 0.137. The van der Waals surface area contributed by atoms with Crippen molar-refractivity contribution in [1.29, 1.82) is 0 Å². The van der Waals surface area contributed by atoms with Gasteiger partial charge in [-0.15, -0.1) is 0 Å². The number of rotatable bonds is 4. The van der Waals surface area contributed by atoms with Crippen molar-refractivity contribution in [3.8, 4) is 5.75 Å². The van der Waals surface area contributed by atoms with E-state index in [1.165, 1.54) is 0 Å². The molecule has 2 rings (SSSR count). The molecular formula is C15H15BrN2O2. The number of nitrogen functional groups attached to an aromatic ring is 1. The average molecular weight is 335 g/mol. The van der Waals surface area contributed by atoms with Crippen molar-refractivity contribution in [2.45, 2.75) is 6.54 Å². The molecular weight excluding hydrogens is 320 g/mol. The van der Waals surface area contributed by atoms with Gasteiger partial charge in [0.15, 0.2) is 0 Å². The molecule has 1 amide bonds. The van der Waals surface area contributed by atoms with Gasteiger partial charge in [-0.25, -0.2) is 0 Å². The molecule has 0 aliphatic carbocycles. The molecule has 0 saturated carbocycles. The number of carbonyl (C=O) groups excluding carboxylic acids is 1. The highest BCUT2D eigenvalue weighted by atomic mass is 79.9. The second-order valence-electron chi connectivity index (χ2n) is 4.27. The second-order valence-corrected chi connectivity index (χ2v) is 5.12. The maximum atomic E-state index is 12.0. The third-order valence-corrected chi connectivity index (χ3v) is 3.56. The summed E-state index contributed by atoms with van der Waals surface area (Å²) in [6, 6.07) is 12.7. The number of amides is 1. The van der Waals surface area contributed by atoms with Gasteiger partial charge in [0, 0.05) is 22.3 Å². The number of ether oxygens (including phenoxy) is 1. The summed E-state index contributed by atoms with van der Waals surface area (Å²) < 4.78 is 5.80. The maximum Gasteiger partial charge on any atom is 0.251 e. The lowest BCUT2D eigenvalue weighted by atomic mass is 10.1. The lowest BCUT2D eigenvalue weighted by Gasteiger charge is -2.07. The summed E-state index contributed by atoms with van der Waals surface area (Å²) in [5, 5.41) is 2.86. The van der Waals surface area contributed by atoms with Crippen LogP contribution in [-0.4, -0.2) is 13.0 Å². The summed E-state index contributed by atoms with van der Waals surface area (Å²) in [4.78, 5) is 12.0. The summed E-state index contributed by atoms with van der Waals surface area (Å²) in [5.41, 5.74) is 7.88. The normalized spacial score (nSPS) is 10.1. The van der Waals surface area contributed by atoms with Crippen LogP contribution in [0.5, 0.6) is 5.75 Å². The van der Waals surface area contributed by atoms with Crippen LogP contribution in [0, 0.1) is 0 Å². The molecule has 0 aliphatic heterocycles. The Balaban J connectivity index is 1.98. The second kappa shape index (κ2) is 6.43. The molecule has 0 atom stereocenters. The Kier molecular flexibility index (Phi) is 4.63. The molecule has 0 bridgehead atoms. The number of anilines is 1. The van der Waals surface area contributed by atoms with Crippen molar-refractivity contribution < 1.29 is 9.53 Å². The van der Waals surface area contributed by atoms with Crippen LogP contribution in [0.2, 0.25) is 0 Å². The minimum atomic E-state index is -0.137. The van der Waals surface area contributed by atoms with Crippen LogP contribution in [0.3, 0.4) is 0 Å². The van der Waals surface area contributed by atoms with E-state index in [4.69, 9.17) is 10.5 Å². The van der Waals surface area contributed by atoms with Crippen LogP contribution in [-0.2, 0) is 6.54 Å². The molecule has 0 saturated heterocycles. The molecule has 0 heterocycles. The van der Waals surface area contributed by atoms with Crippen molar-refractivity contribution in [3.05, 3.63) is 58.1 Å². The van der Waals surface area contributed by atoms with E-state index in [1.54, 1.807) is 25.3 Å². The van der Waals surface area contributed by atoms with Gasteiger partial charge in [0.25, 0.3) is 5.91 Å². The predicted molar refractivity (Wildman–Crippen MR) is 82.7 cm³/mol. The van der Waals surface area contributed by atoms with Crippen molar-refractivity contribution in [1.82, 2.24) is 5.32 Å². The number of methoxy groups -OCH3 is 1. The average Bonchev–Trinajstić information content (AvgIpc) is 2.48. The summed E-state index contributed by atoms with van der Waals surface area (Å²) in [6.07, 6.45) is 0. The van der Waals surface area contributed by atoms with Crippen LogP contribution < -0.4 is 15.8 Å². The van der Waals surface area contributed by atoms with Crippen molar-refractivity contribution in [2.24, 2.45) is 0 Å². The molecule has 0 unspecified atom stereocenters. The molecule has 0 radical (unpaired) electrons. The van der Waals surface area contributed by atoms with E-state index < -0.39 is 0 Å². The number of benzene rings is 2. The number of nitrogens with one attached hydrogen (secondary N) is 1. The van der Waals surface area contributed by atoms with Gasteiger partial charge in [-0.2, -0.15) is 0 Å². The Bertz CT molecular complexity index is 612. The highest BCUT2D eigenvalue weighted by Gasteiger charge is 2.07. The quantitative estimate of drug-likeness (QED) is 0.845. The third-order valence-electron chi connectivity index (χ3n) is 2.87. The van der Waals surface area contributed by atoms with Gasteiger partial charge in [0.05, 0.1) is 7.11 Å². The Morgan fingerprint density at radius 3 is 2.55 bits per heavy atom. The number of nitrogens with two attached hydrogens (primary N) is 1. The largest absolute Gasteiger partial charge is 0.497 e. The monoisotopic (exact) mass is 334 g/mol. The summed E-state index contributed by atoms with van der Waals surface area (Å²) in [7, 11) is 1.62. The zero-order valence-electron chi connectivity index (χ0n) is 11.0. The molecule has 2 aromatic carbocycles. The number of halogens is 1. The van der Waals surface area contributed by atoms with E-state index in [9.17, 15) is 4.79 Å². The van der Waals surface area contributed by atoms with Gasteiger partial charge < -0.3 is 15.8 Å². The molecule has 3 N–H and O–H groups in total. The topological polar surface area (TPSA) is 64.3 Å². The van der Waals surface area contributed by atoms with Crippen molar-refractivity contribution in [3.63, 3.8) is 0 Å². The van der Waals surface area contributed by atoms with Crippen LogP contribution in [0.25, 0.3) is 0 Å². The minimum Gasteiger partial charge on any atom is -0.497 e. The van der Waals surface area contributed by atoms with Gasteiger partial charge in [0.1, 0.15) is 5.75 Å².